The summed E-state index contributed by atoms with van der Waals surface area (Å²) in [6.07, 6.45) is 1.98. The lowest BCUT2D eigenvalue weighted by molar-refractivity contribution is 0.320. The Hall–Kier alpha value is -1.81. The first-order valence-corrected chi connectivity index (χ1v) is 10.7. The lowest BCUT2D eigenvalue weighted by atomic mass is 10.1. The second-order valence-corrected chi connectivity index (χ2v) is 8.22. The Bertz CT molecular complexity index is 869. The standard InChI is InChI=1S/C20H27N3O3S.HI/c1-16-6-4-5-7-19(16)26-15-14-23-20(21-2)22-13-12-17-8-10-18(11-9-17)27(3,24)25;/h4-11H,12-15H2,1-3H3,(H2,21,22,23);1H. The van der Waals surface area contributed by atoms with Crippen LogP contribution in [0.15, 0.2) is 58.4 Å². The minimum absolute atomic E-state index is 0. The van der Waals surface area contributed by atoms with Crippen molar-refractivity contribution in [2.45, 2.75) is 18.2 Å². The largest absolute Gasteiger partial charge is 0.491 e. The second kappa shape index (κ2) is 11.9. The highest BCUT2D eigenvalue weighted by Gasteiger charge is 2.06. The first-order valence-electron chi connectivity index (χ1n) is 8.82. The molecule has 0 unspecified atom stereocenters. The fourth-order valence-electron chi connectivity index (χ4n) is 2.50. The number of guanidine groups is 1. The van der Waals surface area contributed by atoms with E-state index in [0.717, 1.165) is 23.3 Å². The molecule has 0 atom stereocenters. The molecule has 2 N–H and O–H groups in total. The van der Waals surface area contributed by atoms with Gasteiger partial charge in [-0.1, -0.05) is 30.3 Å². The molecule has 28 heavy (non-hydrogen) atoms. The van der Waals surface area contributed by atoms with E-state index in [4.69, 9.17) is 4.74 Å². The molecule has 8 heteroatoms. The Morgan fingerprint density at radius 1 is 1.04 bits per heavy atom. The van der Waals surface area contributed by atoms with E-state index in [0.29, 0.717) is 30.6 Å². The predicted octanol–water partition coefficient (Wildman–Crippen LogP) is 2.80. The maximum Gasteiger partial charge on any atom is 0.191 e. The summed E-state index contributed by atoms with van der Waals surface area (Å²) in [4.78, 5) is 4.53. The molecular formula is C20H28IN3O3S. The third-order valence-corrected chi connectivity index (χ3v) is 5.16. The molecule has 0 radical (unpaired) electrons. The average Bonchev–Trinajstić information content (AvgIpc) is 2.64. The number of benzene rings is 2. The Labute approximate surface area is 184 Å². The summed E-state index contributed by atoms with van der Waals surface area (Å²) in [6, 6.07) is 14.9. The van der Waals surface area contributed by atoms with E-state index < -0.39 is 9.84 Å². The van der Waals surface area contributed by atoms with Gasteiger partial charge in [-0.2, -0.15) is 0 Å². The number of para-hydroxylation sites is 1. The van der Waals surface area contributed by atoms with E-state index in [1.807, 2.05) is 43.3 Å². The summed E-state index contributed by atoms with van der Waals surface area (Å²) in [5, 5.41) is 6.45. The first kappa shape index (κ1) is 24.2. The number of aryl methyl sites for hydroxylation is 1. The summed E-state index contributed by atoms with van der Waals surface area (Å²) < 4.78 is 28.7. The number of rotatable bonds is 8. The van der Waals surface area contributed by atoms with Gasteiger partial charge in [0.1, 0.15) is 12.4 Å². The normalized spacial score (nSPS) is 11.5. The summed E-state index contributed by atoms with van der Waals surface area (Å²) in [6.45, 7) is 3.89. The average molecular weight is 517 g/mol. The van der Waals surface area contributed by atoms with Gasteiger partial charge in [0.25, 0.3) is 0 Å². The van der Waals surface area contributed by atoms with E-state index >= 15 is 0 Å². The van der Waals surface area contributed by atoms with E-state index in [2.05, 4.69) is 15.6 Å². The van der Waals surface area contributed by atoms with Crippen molar-refractivity contribution in [2.24, 2.45) is 4.99 Å². The van der Waals surface area contributed by atoms with Crippen molar-refractivity contribution in [1.82, 2.24) is 10.6 Å². The molecule has 0 aliphatic carbocycles. The van der Waals surface area contributed by atoms with Crippen molar-refractivity contribution >= 4 is 39.8 Å². The number of hydrogen-bond donors (Lipinski definition) is 2. The molecule has 2 aromatic rings. The van der Waals surface area contributed by atoms with Crippen LogP contribution in [0.25, 0.3) is 0 Å². The van der Waals surface area contributed by atoms with Gasteiger partial charge >= 0.3 is 0 Å². The minimum atomic E-state index is -3.15. The third kappa shape index (κ3) is 8.05. The van der Waals surface area contributed by atoms with Gasteiger partial charge in [0, 0.05) is 19.8 Å². The lowest BCUT2D eigenvalue weighted by Crippen LogP contribution is -2.40. The van der Waals surface area contributed by atoms with Crippen LogP contribution in [0, 0.1) is 6.92 Å². The lowest BCUT2D eigenvalue weighted by Gasteiger charge is -2.13. The SMILES string of the molecule is CN=C(NCCOc1ccccc1C)NCCc1ccc(S(C)(=O)=O)cc1.I. The van der Waals surface area contributed by atoms with E-state index in [9.17, 15) is 8.42 Å². The van der Waals surface area contributed by atoms with Crippen molar-refractivity contribution in [3.63, 3.8) is 0 Å². The maximum atomic E-state index is 11.5. The molecular weight excluding hydrogens is 489 g/mol. The fraction of sp³-hybridized carbons (Fsp3) is 0.350. The molecule has 0 fully saturated rings. The Balaban J connectivity index is 0.00000392. The zero-order valence-electron chi connectivity index (χ0n) is 16.4. The van der Waals surface area contributed by atoms with Crippen molar-refractivity contribution < 1.29 is 13.2 Å². The summed E-state index contributed by atoms with van der Waals surface area (Å²) in [7, 11) is -1.43. The van der Waals surface area contributed by atoms with Crippen LogP contribution in [0.3, 0.4) is 0 Å². The Kier molecular flexibility index (Phi) is 10.3. The number of aliphatic imine (C=N–C) groups is 1. The molecule has 2 rings (SSSR count). The van der Waals surface area contributed by atoms with Crippen LogP contribution < -0.4 is 15.4 Å². The van der Waals surface area contributed by atoms with Crippen LogP contribution in [-0.2, 0) is 16.3 Å². The molecule has 0 heterocycles. The molecule has 0 aliphatic rings. The van der Waals surface area contributed by atoms with Crippen molar-refractivity contribution in [1.29, 1.82) is 0 Å². The van der Waals surface area contributed by atoms with Gasteiger partial charge < -0.3 is 15.4 Å². The smallest absolute Gasteiger partial charge is 0.191 e. The maximum absolute atomic E-state index is 11.5. The number of hydrogen-bond acceptors (Lipinski definition) is 4. The summed E-state index contributed by atoms with van der Waals surface area (Å²) in [5.74, 6) is 1.59. The Morgan fingerprint density at radius 3 is 2.29 bits per heavy atom. The van der Waals surface area contributed by atoms with Crippen molar-refractivity contribution in [2.75, 3.05) is 33.0 Å². The van der Waals surface area contributed by atoms with Crippen LogP contribution in [-0.4, -0.2) is 47.4 Å². The number of nitrogens with one attached hydrogen (secondary N) is 2. The van der Waals surface area contributed by atoms with Gasteiger partial charge in [-0.15, -0.1) is 24.0 Å². The molecule has 0 saturated heterocycles. The number of nitrogens with zero attached hydrogens (tertiary/aromatic N) is 1. The molecule has 0 aliphatic heterocycles. The van der Waals surface area contributed by atoms with E-state index in [1.54, 1.807) is 19.2 Å². The predicted molar refractivity (Wildman–Crippen MR) is 125 cm³/mol. The van der Waals surface area contributed by atoms with E-state index in [-0.39, 0.29) is 24.0 Å². The van der Waals surface area contributed by atoms with Gasteiger partial charge in [-0.25, -0.2) is 8.42 Å². The van der Waals surface area contributed by atoms with Crippen LogP contribution in [0.5, 0.6) is 5.75 Å². The van der Waals surface area contributed by atoms with Crippen LogP contribution in [0.4, 0.5) is 0 Å². The zero-order valence-corrected chi connectivity index (χ0v) is 19.6. The molecule has 2 aromatic carbocycles. The monoisotopic (exact) mass is 517 g/mol. The first-order chi connectivity index (χ1) is 12.9. The number of sulfone groups is 1. The molecule has 154 valence electrons. The molecule has 0 amide bonds. The van der Waals surface area contributed by atoms with Gasteiger partial charge in [-0.05, 0) is 42.7 Å². The Morgan fingerprint density at radius 2 is 1.68 bits per heavy atom. The molecule has 0 saturated carbocycles. The van der Waals surface area contributed by atoms with Crippen LogP contribution >= 0.6 is 24.0 Å². The van der Waals surface area contributed by atoms with Crippen molar-refractivity contribution in [3.05, 3.63) is 59.7 Å². The van der Waals surface area contributed by atoms with Crippen LogP contribution in [0.1, 0.15) is 11.1 Å². The highest BCUT2D eigenvalue weighted by Crippen LogP contribution is 2.15. The minimum Gasteiger partial charge on any atom is -0.491 e. The fourth-order valence-corrected chi connectivity index (χ4v) is 3.13. The summed E-state index contributed by atoms with van der Waals surface area (Å²) in [5.41, 5.74) is 2.18. The molecule has 0 spiro atoms. The second-order valence-electron chi connectivity index (χ2n) is 6.21. The number of ether oxygens (including phenoxy) is 1. The molecule has 0 aromatic heterocycles. The zero-order chi connectivity index (χ0) is 19.7. The summed E-state index contributed by atoms with van der Waals surface area (Å²) >= 11 is 0. The topological polar surface area (TPSA) is 79.8 Å². The van der Waals surface area contributed by atoms with E-state index in [1.165, 1.54) is 6.26 Å². The van der Waals surface area contributed by atoms with Gasteiger partial charge in [-0.3, -0.25) is 4.99 Å². The number of halogens is 1. The molecule has 0 bridgehead atoms. The van der Waals surface area contributed by atoms with Gasteiger partial charge in [0.2, 0.25) is 0 Å². The highest BCUT2D eigenvalue weighted by molar-refractivity contribution is 14.0. The quantitative estimate of drug-likeness (QED) is 0.244. The third-order valence-electron chi connectivity index (χ3n) is 4.03. The van der Waals surface area contributed by atoms with Gasteiger partial charge in [0.15, 0.2) is 15.8 Å². The van der Waals surface area contributed by atoms with Gasteiger partial charge in [0.05, 0.1) is 11.4 Å². The van der Waals surface area contributed by atoms with Crippen molar-refractivity contribution in [3.8, 4) is 5.75 Å². The molecule has 6 nitrogen and oxygen atoms in total. The van der Waals surface area contributed by atoms with Crippen LogP contribution in [0.2, 0.25) is 0 Å². The highest BCUT2D eigenvalue weighted by atomic mass is 127.